The molecule has 0 aromatic heterocycles. The molecule has 2 fully saturated rings. The number of ether oxygens (including phenoxy) is 1. The van der Waals surface area contributed by atoms with Crippen LogP contribution in [0.1, 0.15) is 73.6 Å². The second-order valence-corrected chi connectivity index (χ2v) is 8.78. The van der Waals surface area contributed by atoms with Crippen LogP contribution in [0.4, 0.5) is 4.79 Å². The monoisotopic (exact) mass is 324 g/mol. The third kappa shape index (κ3) is 4.85. The van der Waals surface area contributed by atoms with Crippen molar-refractivity contribution in [3.05, 3.63) is 0 Å². The maximum atomic E-state index is 12.5. The van der Waals surface area contributed by atoms with Gasteiger partial charge in [0.1, 0.15) is 5.60 Å². The Morgan fingerprint density at radius 1 is 1.13 bits per heavy atom. The minimum atomic E-state index is -0.413. The number of nitrogens with zero attached hydrogens (tertiary/aromatic N) is 1. The molecule has 1 aliphatic carbocycles. The Morgan fingerprint density at radius 2 is 1.83 bits per heavy atom. The zero-order chi connectivity index (χ0) is 17.2. The van der Waals surface area contributed by atoms with Gasteiger partial charge in [0.15, 0.2) is 0 Å². The Bertz CT molecular complexity index is 403. The predicted octanol–water partition coefficient (Wildman–Crippen LogP) is 4.19. The van der Waals surface area contributed by atoms with Gasteiger partial charge in [0.25, 0.3) is 0 Å². The Balaban J connectivity index is 2.02. The summed E-state index contributed by atoms with van der Waals surface area (Å²) in [6.45, 7) is 13.5. The maximum Gasteiger partial charge on any atom is 0.410 e. The van der Waals surface area contributed by atoms with Gasteiger partial charge in [-0.15, -0.1) is 0 Å². The second-order valence-electron chi connectivity index (χ2n) is 8.78. The van der Waals surface area contributed by atoms with Gasteiger partial charge in [-0.2, -0.15) is 0 Å². The van der Waals surface area contributed by atoms with Gasteiger partial charge in [-0.25, -0.2) is 4.79 Å². The van der Waals surface area contributed by atoms with Crippen LogP contribution in [0.3, 0.4) is 0 Å². The molecule has 4 unspecified atom stereocenters. The highest BCUT2D eigenvalue weighted by molar-refractivity contribution is 5.69. The van der Waals surface area contributed by atoms with E-state index in [2.05, 4.69) is 26.1 Å². The van der Waals surface area contributed by atoms with Crippen LogP contribution >= 0.6 is 0 Å². The third-order valence-electron chi connectivity index (χ3n) is 5.47. The molecule has 134 valence electrons. The molecule has 0 radical (unpaired) electrons. The van der Waals surface area contributed by atoms with E-state index in [9.17, 15) is 4.79 Å². The molecular weight excluding hydrogens is 288 g/mol. The number of hydrogen-bond donors (Lipinski definition) is 1. The van der Waals surface area contributed by atoms with Gasteiger partial charge in [-0.1, -0.05) is 20.3 Å². The molecule has 2 aliphatic rings. The van der Waals surface area contributed by atoms with Crippen LogP contribution in [0.2, 0.25) is 0 Å². The average molecular weight is 325 g/mol. The summed E-state index contributed by atoms with van der Waals surface area (Å²) in [7, 11) is 0. The summed E-state index contributed by atoms with van der Waals surface area (Å²) in [6.07, 6.45) is 5.84. The fraction of sp³-hybridized carbons (Fsp3) is 0.947. The highest BCUT2D eigenvalue weighted by Crippen LogP contribution is 2.37. The number of nitrogens with one attached hydrogen (secondary N) is 1. The molecule has 0 spiro atoms. The Labute approximate surface area is 142 Å². The molecule has 0 aromatic rings. The Kier molecular flexibility index (Phi) is 5.99. The highest BCUT2D eigenvalue weighted by atomic mass is 16.6. The third-order valence-corrected chi connectivity index (χ3v) is 5.47. The zero-order valence-electron chi connectivity index (χ0n) is 15.9. The van der Waals surface area contributed by atoms with Crippen molar-refractivity contribution < 1.29 is 9.53 Å². The molecule has 1 heterocycles. The number of carbonyl (C=O) groups excluding carboxylic acids is 1. The molecule has 0 bridgehead atoms. The van der Waals surface area contributed by atoms with Gasteiger partial charge in [0.05, 0.1) is 0 Å². The fourth-order valence-corrected chi connectivity index (χ4v) is 3.97. The van der Waals surface area contributed by atoms with E-state index >= 15 is 0 Å². The summed E-state index contributed by atoms with van der Waals surface area (Å²) < 4.78 is 5.63. The molecule has 1 saturated heterocycles. The first-order valence-corrected chi connectivity index (χ1v) is 9.44. The Morgan fingerprint density at radius 3 is 2.43 bits per heavy atom. The van der Waals surface area contributed by atoms with Crippen LogP contribution in [0.25, 0.3) is 0 Å². The first kappa shape index (κ1) is 18.6. The quantitative estimate of drug-likeness (QED) is 0.843. The average Bonchev–Trinajstić information content (AvgIpc) is 3.03. The lowest BCUT2D eigenvalue weighted by molar-refractivity contribution is 0.0164. The van der Waals surface area contributed by atoms with Crippen LogP contribution in [-0.4, -0.2) is 41.3 Å². The minimum Gasteiger partial charge on any atom is -0.444 e. The van der Waals surface area contributed by atoms with Crippen molar-refractivity contribution in [3.8, 4) is 0 Å². The summed E-state index contributed by atoms with van der Waals surface area (Å²) in [6, 6.07) is 1.42. The lowest BCUT2D eigenvalue weighted by atomic mass is 9.91. The van der Waals surface area contributed by atoms with Crippen molar-refractivity contribution in [2.45, 2.75) is 97.4 Å². The molecule has 4 nitrogen and oxygen atoms in total. The van der Waals surface area contributed by atoms with Gasteiger partial charge in [0.2, 0.25) is 0 Å². The molecule has 23 heavy (non-hydrogen) atoms. The summed E-state index contributed by atoms with van der Waals surface area (Å²) in [5.41, 5.74) is -0.413. The van der Waals surface area contributed by atoms with Crippen LogP contribution < -0.4 is 5.32 Å². The predicted molar refractivity (Wildman–Crippen MR) is 94.5 cm³/mol. The van der Waals surface area contributed by atoms with E-state index in [0.29, 0.717) is 30.0 Å². The number of likely N-dealkylation sites (tertiary alicyclic amines) is 1. The van der Waals surface area contributed by atoms with E-state index in [1.54, 1.807) is 0 Å². The second kappa shape index (κ2) is 7.42. The van der Waals surface area contributed by atoms with Crippen LogP contribution in [0.5, 0.6) is 0 Å². The smallest absolute Gasteiger partial charge is 0.410 e. The number of carbonyl (C=O) groups is 1. The molecule has 2 rings (SSSR count). The summed E-state index contributed by atoms with van der Waals surface area (Å²) in [4.78, 5) is 14.6. The highest BCUT2D eigenvalue weighted by Gasteiger charge is 2.42. The largest absolute Gasteiger partial charge is 0.444 e. The van der Waals surface area contributed by atoms with Crippen molar-refractivity contribution in [3.63, 3.8) is 0 Å². The van der Waals surface area contributed by atoms with Gasteiger partial charge in [-0.3, -0.25) is 0 Å². The normalized spacial score (nSPS) is 30.0. The van der Waals surface area contributed by atoms with E-state index in [1.807, 2.05) is 25.7 Å². The maximum absolute atomic E-state index is 12.5. The summed E-state index contributed by atoms with van der Waals surface area (Å²) >= 11 is 0. The van der Waals surface area contributed by atoms with E-state index in [0.717, 1.165) is 19.4 Å². The molecule has 1 aliphatic heterocycles. The Hall–Kier alpha value is -0.770. The summed E-state index contributed by atoms with van der Waals surface area (Å²) in [5.74, 6) is 1.22. The summed E-state index contributed by atoms with van der Waals surface area (Å²) in [5, 5.41) is 3.83. The van der Waals surface area contributed by atoms with Crippen LogP contribution in [-0.2, 0) is 4.74 Å². The first-order chi connectivity index (χ1) is 10.7. The van der Waals surface area contributed by atoms with Crippen molar-refractivity contribution in [1.29, 1.82) is 0 Å². The molecule has 0 aromatic carbocycles. The van der Waals surface area contributed by atoms with Crippen LogP contribution in [0.15, 0.2) is 0 Å². The zero-order valence-corrected chi connectivity index (χ0v) is 15.9. The molecule has 4 heteroatoms. The molecular formula is C19H36N2O2. The minimum absolute atomic E-state index is 0.123. The number of rotatable bonds is 4. The number of hydrogen-bond acceptors (Lipinski definition) is 3. The van der Waals surface area contributed by atoms with E-state index in [-0.39, 0.29) is 6.09 Å². The van der Waals surface area contributed by atoms with Crippen molar-refractivity contribution >= 4 is 6.09 Å². The van der Waals surface area contributed by atoms with E-state index in [4.69, 9.17) is 4.74 Å². The number of amides is 1. The molecule has 1 saturated carbocycles. The van der Waals surface area contributed by atoms with E-state index < -0.39 is 5.60 Å². The molecule has 1 amide bonds. The van der Waals surface area contributed by atoms with Gasteiger partial charge in [-0.05, 0) is 65.2 Å². The van der Waals surface area contributed by atoms with Crippen LogP contribution in [0, 0.1) is 11.8 Å². The lowest BCUT2D eigenvalue weighted by Crippen LogP contribution is -2.49. The van der Waals surface area contributed by atoms with Gasteiger partial charge >= 0.3 is 6.09 Å². The first-order valence-electron chi connectivity index (χ1n) is 9.44. The van der Waals surface area contributed by atoms with Crippen molar-refractivity contribution in [1.82, 2.24) is 10.2 Å². The van der Waals surface area contributed by atoms with Crippen molar-refractivity contribution in [2.75, 3.05) is 6.54 Å². The van der Waals surface area contributed by atoms with Gasteiger partial charge in [0, 0.05) is 24.7 Å². The van der Waals surface area contributed by atoms with Crippen molar-refractivity contribution in [2.24, 2.45) is 11.8 Å². The fourth-order valence-electron chi connectivity index (χ4n) is 3.97. The lowest BCUT2D eigenvalue weighted by Gasteiger charge is -2.36. The molecule has 4 atom stereocenters. The molecule has 1 N–H and O–H groups in total. The van der Waals surface area contributed by atoms with E-state index in [1.165, 1.54) is 19.3 Å². The topological polar surface area (TPSA) is 41.6 Å². The SMILES string of the molecule is CC(C)C(C)NC1CCCC1C1CCCN1C(=O)OC(C)(C)C. The standard InChI is InChI=1S/C19H36N2O2/c1-13(2)14(3)20-16-10-7-9-15(16)17-11-8-12-21(17)18(22)23-19(4,5)6/h13-17,20H,7-12H2,1-6H3. The van der Waals surface area contributed by atoms with Gasteiger partial charge < -0.3 is 15.0 Å².